The van der Waals surface area contributed by atoms with E-state index in [0.29, 0.717) is 29.3 Å². The lowest BCUT2D eigenvalue weighted by Gasteiger charge is -2.07. The highest BCUT2D eigenvalue weighted by Crippen LogP contribution is 2.15. The summed E-state index contributed by atoms with van der Waals surface area (Å²) < 4.78 is 10.1. The summed E-state index contributed by atoms with van der Waals surface area (Å²) in [6, 6.07) is 6.61. The van der Waals surface area contributed by atoms with Crippen LogP contribution in [0.5, 0.6) is 0 Å². The minimum absolute atomic E-state index is 0.166. The molecule has 0 unspecified atom stereocenters. The average molecular weight is 316 g/mol. The first kappa shape index (κ1) is 16.7. The average Bonchev–Trinajstić information content (AvgIpc) is 2.85. The van der Waals surface area contributed by atoms with E-state index in [9.17, 15) is 9.59 Å². The second kappa shape index (κ2) is 7.58. The van der Waals surface area contributed by atoms with Crippen molar-refractivity contribution in [2.24, 2.45) is 0 Å². The summed E-state index contributed by atoms with van der Waals surface area (Å²) in [7, 11) is 0. The van der Waals surface area contributed by atoms with Gasteiger partial charge in [0.1, 0.15) is 5.76 Å². The molecule has 0 radical (unpaired) electrons. The van der Waals surface area contributed by atoms with Crippen molar-refractivity contribution in [3.63, 3.8) is 0 Å². The Morgan fingerprint density at radius 2 is 1.91 bits per heavy atom. The highest BCUT2D eigenvalue weighted by atomic mass is 16.5. The molecule has 1 heterocycles. The van der Waals surface area contributed by atoms with Gasteiger partial charge in [-0.25, -0.2) is 4.79 Å². The number of carbonyl (C=O) groups excluding carboxylic acids is 2. The quantitative estimate of drug-likeness (QED) is 0.828. The van der Waals surface area contributed by atoms with E-state index in [1.807, 2.05) is 6.92 Å². The lowest BCUT2D eigenvalue weighted by molar-refractivity contribution is -0.115. The van der Waals surface area contributed by atoms with Gasteiger partial charge in [-0.3, -0.25) is 4.79 Å². The number of hydrogen-bond donors (Lipinski definition) is 1. The van der Waals surface area contributed by atoms with Crippen LogP contribution in [0.15, 0.2) is 28.8 Å². The maximum Gasteiger partial charge on any atom is 0.338 e. The molecule has 0 spiro atoms. The lowest BCUT2D eigenvalue weighted by atomic mass is 10.1. The van der Waals surface area contributed by atoms with Crippen LogP contribution in [0.4, 0.5) is 5.69 Å². The van der Waals surface area contributed by atoms with Gasteiger partial charge in [-0.1, -0.05) is 12.1 Å². The normalized spacial score (nSPS) is 10.4. The molecule has 0 aliphatic carbocycles. The molecule has 23 heavy (non-hydrogen) atoms. The topological polar surface area (TPSA) is 81.4 Å². The summed E-state index contributed by atoms with van der Waals surface area (Å²) in [6.07, 6.45) is 0.975. The Hall–Kier alpha value is -2.63. The van der Waals surface area contributed by atoms with Gasteiger partial charge in [-0.2, -0.15) is 0 Å². The van der Waals surface area contributed by atoms with Gasteiger partial charge in [-0.15, -0.1) is 0 Å². The molecule has 0 aliphatic heterocycles. The summed E-state index contributed by atoms with van der Waals surface area (Å²) in [5, 5.41) is 6.61. The zero-order valence-electron chi connectivity index (χ0n) is 13.5. The van der Waals surface area contributed by atoms with Gasteiger partial charge in [0, 0.05) is 11.3 Å². The zero-order valence-corrected chi connectivity index (χ0v) is 13.5. The van der Waals surface area contributed by atoms with Crippen molar-refractivity contribution in [1.29, 1.82) is 0 Å². The molecule has 0 fully saturated rings. The fourth-order valence-corrected chi connectivity index (χ4v) is 2.09. The minimum atomic E-state index is -0.361. The van der Waals surface area contributed by atoms with Crippen molar-refractivity contribution in [1.82, 2.24) is 5.16 Å². The number of rotatable bonds is 6. The van der Waals surface area contributed by atoms with Gasteiger partial charge in [0.05, 0.1) is 24.3 Å². The number of hydrogen-bond acceptors (Lipinski definition) is 5. The van der Waals surface area contributed by atoms with Crippen LogP contribution < -0.4 is 5.32 Å². The number of aromatic nitrogens is 1. The van der Waals surface area contributed by atoms with Crippen LogP contribution in [-0.2, 0) is 16.0 Å². The molecule has 2 aromatic rings. The fourth-order valence-electron chi connectivity index (χ4n) is 2.09. The highest BCUT2D eigenvalue weighted by Gasteiger charge is 2.14. The summed E-state index contributed by atoms with van der Waals surface area (Å²) in [6.45, 7) is 5.91. The molecule has 0 saturated heterocycles. The lowest BCUT2D eigenvalue weighted by Crippen LogP contribution is -2.15. The summed E-state index contributed by atoms with van der Waals surface area (Å²) in [4.78, 5) is 23.8. The van der Waals surface area contributed by atoms with Crippen LogP contribution in [0.2, 0.25) is 0 Å². The molecule has 1 aromatic carbocycles. The van der Waals surface area contributed by atoms with Gasteiger partial charge < -0.3 is 14.6 Å². The third-order valence-corrected chi connectivity index (χ3v) is 3.36. The second-order valence-electron chi connectivity index (χ2n) is 5.24. The molecule has 0 bridgehead atoms. The molecule has 1 aromatic heterocycles. The summed E-state index contributed by atoms with van der Waals surface area (Å²) >= 11 is 0. The van der Waals surface area contributed by atoms with Crippen molar-refractivity contribution < 1.29 is 18.8 Å². The van der Waals surface area contributed by atoms with Crippen molar-refractivity contribution >= 4 is 17.6 Å². The molecular formula is C17H20N2O4. The molecule has 6 heteroatoms. The van der Waals surface area contributed by atoms with E-state index in [4.69, 9.17) is 9.26 Å². The zero-order chi connectivity index (χ0) is 16.8. The Kier molecular flexibility index (Phi) is 5.51. The molecule has 0 saturated carbocycles. The van der Waals surface area contributed by atoms with Crippen molar-refractivity contribution in [2.45, 2.75) is 33.6 Å². The molecule has 6 nitrogen and oxygen atoms in total. The number of carbonyl (C=O) groups is 2. The van der Waals surface area contributed by atoms with Crippen LogP contribution >= 0.6 is 0 Å². The number of nitrogens with zero attached hydrogens (tertiary/aromatic N) is 1. The first-order valence-corrected chi connectivity index (χ1v) is 7.50. The number of nitrogens with one attached hydrogen (secondary N) is 1. The Morgan fingerprint density at radius 1 is 1.22 bits per heavy atom. The monoisotopic (exact) mass is 316 g/mol. The van der Waals surface area contributed by atoms with E-state index in [-0.39, 0.29) is 18.3 Å². The number of benzene rings is 1. The Balaban J connectivity index is 1.95. The number of anilines is 1. The molecule has 0 atom stereocenters. The molecule has 0 aliphatic rings. The Morgan fingerprint density at radius 3 is 2.48 bits per heavy atom. The van der Waals surface area contributed by atoms with E-state index >= 15 is 0 Å². The third-order valence-electron chi connectivity index (χ3n) is 3.36. The standard InChI is InChI=1S/C17H20N2O4/c1-4-9-22-17(21)13-5-7-14(8-6-13)18-16(20)10-15-11(2)19-23-12(15)3/h5-8H,4,9-10H2,1-3H3,(H,18,20). The van der Waals surface area contributed by atoms with Crippen molar-refractivity contribution in [3.05, 3.63) is 46.8 Å². The van der Waals surface area contributed by atoms with Gasteiger partial charge in [-0.05, 0) is 44.5 Å². The second-order valence-corrected chi connectivity index (χ2v) is 5.24. The first-order valence-electron chi connectivity index (χ1n) is 7.50. The van der Waals surface area contributed by atoms with E-state index in [1.165, 1.54) is 0 Å². The first-order chi connectivity index (χ1) is 11.0. The van der Waals surface area contributed by atoms with E-state index in [0.717, 1.165) is 12.0 Å². The molecular weight excluding hydrogens is 296 g/mol. The van der Waals surface area contributed by atoms with Crippen LogP contribution in [0.1, 0.15) is 40.7 Å². The van der Waals surface area contributed by atoms with Gasteiger partial charge in [0.2, 0.25) is 5.91 Å². The molecule has 2 rings (SSSR count). The fraction of sp³-hybridized carbons (Fsp3) is 0.353. The minimum Gasteiger partial charge on any atom is -0.462 e. The maximum absolute atomic E-state index is 12.1. The number of amides is 1. The molecule has 1 amide bonds. The van der Waals surface area contributed by atoms with E-state index in [1.54, 1.807) is 38.1 Å². The predicted molar refractivity (Wildman–Crippen MR) is 85.3 cm³/mol. The molecule has 122 valence electrons. The number of esters is 1. The van der Waals surface area contributed by atoms with Gasteiger partial charge in [0.25, 0.3) is 0 Å². The van der Waals surface area contributed by atoms with E-state index in [2.05, 4.69) is 10.5 Å². The SMILES string of the molecule is CCCOC(=O)c1ccc(NC(=O)Cc2c(C)noc2C)cc1. The number of aryl methyl sites for hydroxylation is 2. The Labute approximate surface area is 134 Å². The van der Waals surface area contributed by atoms with Crippen LogP contribution in [-0.4, -0.2) is 23.6 Å². The third kappa shape index (κ3) is 4.42. The highest BCUT2D eigenvalue weighted by molar-refractivity contribution is 5.94. The van der Waals surface area contributed by atoms with Gasteiger partial charge >= 0.3 is 5.97 Å². The summed E-state index contributed by atoms with van der Waals surface area (Å²) in [5.41, 5.74) is 2.59. The smallest absolute Gasteiger partial charge is 0.338 e. The van der Waals surface area contributed by atoms with Crippen LogP contribution in [0, 0.1) is 13.8 Å². The largest absolute Gasteiger partial charge is 0.462 e. The molecule has 1 N–H and O–H groups in total. The van der Waals surface area contributed by atoms with Gasteiger partial charge in [0.15, 0.2) is 0 Å². The van der Waals surface area contributed by atoms with Crippen LogP contribution in [0.3, 0.4) is 0 Å². The predicted octanol–water partition coefficient (Wildman–Crippen LogP) is 3.04. The van der Waals surface area contributed by atoms with Crippen molar-refractivity contribution in [3.8, 4) is 0 Å². The maximum atomic E-state index is 12.1. The Bertz CT molecular complexity index is 670. The summed E-state index contributed by atoms with van der Waals surface area (Å²) in [5.74, 6) is 0.118. The van der Waals surface area contributed by atoms with Crippen molar-refractivity contribution in [2.75, 3.05) is 11.9 Å². The number of ether oxygens (including phenoxy) is 1. The van der Waals surface area contributed by atoms with Crippen LogP contribution in [0.25, 0.3) is 0 Å². The van der Waals surface area contributed by atoms with E-state index < -0.39 is 0 Å².